The minimum absolute atomic E-state index is 0.701. The van der Waals surface area contributed by atoms with Gasteiger partial charge in [-0.05, 0) is 38.4 Å². The van der Waals surface area contributed by atoms with Crippen LogP contribution in [0.3, 0.4) is 0 Å². The van der Waals surface area contributed by atoms with E-state index in [9.17, 15) is 0 Å². The smallest absolute Gasteiger partial charge is 0.0538 e. The number of rotatable bonds is 7. The van der Waals surface area contributed by atoms with E-state index in [0.717, 1.165) is 13.1 Å². The molecule has 1 N–H and O–H groups in total. The van der Waals surface area contributed by atoms with Crippen LogP contribution in [0.2, 0.25) is 0 Å². The van der Waals surface area contributed by atoms with E-state index in [1.165, 1.54) is 44.5 Å². The second-order valence-electron chi connectivity index (χ2n) is 5.61. The lowest BCUT2D eigenvalue weighted by Crippen LogP contribution is -2.36. The number of nitrogens with one attached hydrogen (secondary N) is 1. The third-order valence-corrected chi connectivity index (χ3v) is 3.68. The molecule has 1 saturated heterocycles. The largest absolute Gasteiger partial charge is 0.312 e. The van der Waals surface area contributed by atoms with Crippen LogP contribution in [-0.2, 0) is 6.54 Å². The second-order valence-corrected chi connectivity index (χ2v) is 5.61. The number of hydrogen-bond acceptors (Lipinski definition) is 3. The molecule has 1 unspecified atom stereocenters. The number of hydrogen-bond donors (Lipinski definition) is 1. The molecular formula is C15H26N4. The molecule has 1 aliphatic heterocycles. The molecule has 106 valence electrons. The lowest BCUT2D eigenvalue weighted by molar-refractivity contribution is 0.199. The van der Waals surface area contributed by atoms with Crippen molar-refractivity contribution in [3.8, 4) is 0 Å². The van der Waals surface area contributed by atoms with E-state index in [1.54, 1.807) is 10.9 Å². The van der Waals surface area contributed by atoms with Crippen molar-refractivity contribution in [2.45, 2.75) is 32.7 Å². The minimum Gasteiger partial charge on any atom is -0.312 e. The summed E-state index contributed by atoms with van der Waals surface area (Å²) in [5, 5.41) is 7.69. The molecule has 0 radical (unpaired) electrons. The molecule has 0 spiro atoms. The number of piperidine rings is 1. The number of aromatic nitrogens is 2. The van der Waals surface area contributed by atoms with E-state index in [1.807, 2.05) is 12.4 Å². The normalized spacial score (nSPS) is 18.4. The lowest BCUT2D eigenvalue weighted by Gasteiger charge is -2.29. The van der Waals surface area contributed by atoms with E-state index in [4.69, 9.17) is 0 Å². The van der Waals surface area contributed by atoms with Crippen molar-refractivity contribution < 1.29 is 0 Å². The van der Waals surface area contributed by atoms with Gasteiger partial charge in [-0.25, -0.2) is 4.68 Å². The monoisotopic (exact) mass is 262 g/mol. The first kappa shape index (κ1) is 14.3. The quantitative estimate of drug-likeness (QED) is 0.818. The van der Waals surface area contributed by atoms with Crippen LogP contribution in [0.5, 0.6) is 0 Å². The summed E-state index contributed by atoms with van der Waals surface area (Å²) in [4.78, 5) is 2.60. The van der Waals surface area contributed by atoms with Crippen LogP contribution in [0.15, 0.2) is 19.0 Å². The predicted molar refractivity (Wildman–Crippen MR) is 79.8 cm³/mol. The fraction of sp³-hybridized carbons (Fsp3) is 0.667. The third-order valence-electron chi connectivity index (χ3n) is 3.68. The summed E-state index contributed by atoms with van der Waals surface area (Å²) in [6, 6.07) is 0. The highest BCUT2D eigenvalue weighted by Gasteiger charge is 2.13. The van der Waals surface area contributed by atoms with Crippen LogP contribution < -0.4 is 5.32 Å². The second kappa shape index (κ2) is 7.46. The van der Waals surface area contributed by atoms with Crippen molar-refractivity contribution in [2.75, 3.05) is 26.2 Å². The van der Waals surface area contributed by atoms with Crippen LogP contribution >= 0.6 is 0 Å². The maximum absolute atomic E-state index is 4.18. The summed E-state index contributed by atoms with van der Waals surface area (Å²) in [5.74, 6) is 0.701. The Hall–Kier alpha value is -1.13. The van der Waals surface area contributed by atoms with Gasteiger partial charge in [-0.2, -0.15) is 5.10 Å². The maximum Gasteiger partial charge on any atom is 0.0538 e. The first-order chi connectivity index (χ1) is 9.28. The molecule has 1 aromatic heterocycles. The summed E-state index contributed by atoms with van der Waals surface area (Å²) >= 11 is 0. The lowest BCUT2D eigenvalue weighted by atomic mass is 10.1. The van der Waals surface area contributed by atoms with Crippen molar-refractivity contribution in [1.29, 1.82) is 0 Å². The van der Waals surface area contributed by atoms with Gasteiger partial charge >= 0.3 is 0 Å². The van der Waals surface area contributed by atoms with Gasteiger partial charge in [0.05, 0.1) is 6.20 Å². The molecule has 4 heteroatoms. The Kier molecular flexibility index (Phi) is 5.61. The Bertz CT molecular complexity index is 379. The Morgan fingerprint density at radius 1 is 1.42 bits per heavy atom. The Labute approximate surface area is 116 Å². The SMILES string of the molecule is C=Cn1cc(CNCC(C)CN2CCCCC2)cn1. The average Bonchev–Trinajstić information content (AvgIpc) is 2.88. The van der Waals surface area contributed by atoms with E-state index in [2.05, 4.69) is 28.8 Å². The Balaban J connectivity index is 1.62. The van der Waals surface area contributed by atoms with Gasteiger partial charge in [0.1, 0.15) is 0 Å². The molecule has 1 atom stereocenters. The molecule has 4 nitrogen and oxygen atoms in total. The number of nitrogens with zero attached hydrogens (tertiary/aromatic N) is 3. The number of likely N-dealkylation sites (tertiary alicyclic amines) is 1. The first-order valence-electron chi connectivity index (χ1n) is 7.36. The standard InChI is InChI=1S/C15H26N4/c1-3-19-13-15(11-17-19)10-16-9-14(2)12-18-7-5-4-6-8-18/h3,11,13-14,16H,1,4-10,12H2,2H3. The van der Waals surface area contributed by atoms with Gasteiger partial charge in [0.15, 0.2) is 0 Å². The van der Waals surface area contributed by atoms with Crippen molar-refractivity contribution >= 4 is 6.20 Å². The van der Waals surface area contributed by atoms with Crippen LogP contribution in [0.25, 0.3) is 6.20 Å². The first-order valence-corrected chi connectivity index (χ1v) is 7.36. The van der Waals surface area contributed by atoms with Gasteiger partial charge in [0.2, 0.25) is 0 Å². The molecule has 1 fully saturated rings. The summed E-state index contributed by atoms with van der Waals surface area (Å²) in [5.41, 5.74) is 1.21. The predicted octanol–water partition coefficient (Wildman–Crippen LogP) is 2.20. The minimum atomic E-state index is 0.701. The maximum atomic E-state index is 4.18. The summed E-state index contributed by atoms with van der Waals surface area (Å²) in [6.07, 6.45) is 9.78. The zero-order valence-corrected chi connectivity index (χ0v) is 12.0. The molecular weight excluding hydrogens is 236 g/mol. The topological polar surface area (TPSA) is 33.1 Å². The molecule has 2 heterocycles. The Morgan fingerprint density at radius 2 is 2.21 bits per heavy atom. The average molecular weight is 262 g/mol. The summed E-state index contributed by atoms with van der Waals surface area (Å²) < 4.78 is 1.74. The fourth-order valence-electron chi connectivity index (χ4n) is 2.68. The fourth-order valence-corrected chi connectivity index (χ4v) is 2.68. The zero-order valence-electron chi connectivity index (χ0n) is 12.0. The van der Waals surface area contributed by atoms with Crippen LogP contribution in [0.1, 0.15) is 31.7 Å². The molecule has 0 aliphatic carbocycles. The Morgan fingerprint density at radius 3 is 2.89 bits per heavy atom. The molecule has 0 bridgehead atoms. The van der Waals surface area contributed by atoms with Crippen LogP contribution in [0, 0.1) is 5.92 Å². The van der Waals surface area contributed by atoms with Gasteiger partial charge in [-0.1, -0.05) is 19.9 Å². The van der Waals surface area contributed by atoms with Gasteiger partial charge in [-0.3, -0.25) is 0 Å². The molecule has 0 amide bonds. The van der Waals surface area contributed by atoms with E-state index in [-0.39, 0.29) is 0 Å². The molecule has 1 aliphatic rings. The zero-order chi connectivity index (χ0) is 13.5. The van der Waals surface area contributed by atoms with Crippen molar-refractivity contribution in [3.63, 3.8) is 0 Å². The highest BCUT2D eigenvalue weighted by Crippen LogP contribution is 2.10. The molecule has 1 aromatic rings. The van der Waals surface area contributed by atoms with E-state index < -0.39 is 0 Å². The van der Waals surface area contributed by atoms with E-state index >= 15 is 0 Å². The third kappa shape index (κ3) is 4.80. The molecule has 19 heavy (non-hydrogen) atoms. The van der Waals surface area contributed by atoms with Crippen molar-refractivity contribution in [2.24, 2.45) is 5.92 Å². The van der Waals surface area contributed by atoms with Gasteiger partial charge in [-0.15, -0.1) is 0 Å². The molecule has 0 saturated carbocycles. The highest BCUT2D eigenvalue weighted by atomic mass is 15.2. The van der Waals surface area contributed by atoms with Gasteiger partial charge < -0.3 is 10.2 Å². The highest BCUT2D eigenvalue weighted by molar-refractivity contribution is 5.17. The van der Waals surface area contributed by atoms with Gasteiger partial charge in [0.25, 0.3) is 0 Å². The summed E-state index contributed by atoms with van der Waals surface area (Å²) in [6.45, 7) is 11.8. The van der Waals surface area contributed by atoms with Crippen molar-refractivity contribution in [1.82, 2.24) is 20.0 Å². The summed E-state index contributed by atoms with van der Waals surface area (Å²) in [7, 11) is 0. The molecule has 2 rings (SSSR count). The van der Waals surface area contributed by atoms with Crippen LogP contribution in [-0.4, -0.2) is 40.9 Å². The van der Waals surface area contributed by atoms with E-state index in [0.29, 0.717) is 5.92 Å². The van der Waals surface area contributed by atoms with Crippen molar-refractivity contribution in [3.05, 3.63) is 24.5 Å². The molecule has 0 aromatic carbocycles. The van der Waals surface area contributed by atoms with Crippen LogP contribution in [0.4, 0.5) is 0 Å². The van der Waals surface area contributed by atoms with Gasteiger partial charge in [0, 0.05) is 31.0 Å².